The van der Waals surface area contributed by atoms with Crippen LogP contribution in [0.15, 0.2) is 29.3 Å². The molecule has 2 aromatic rings. The summed E-state index contributed by atoms with van der Waals surface area (Å²) in [4.78, 5) is 13.3. The molecule has 0 fully saturated rings. The van der Waals surface area contributed by atoms with Crippen LogP contribution in [0.4, 0.5) is 5.82 Å². The number of nitro groups is 1. The Balaban J connectivity index is 2.39. The van der Waals surface area contributed by atoms with E-state index in [-0.39, 0.29) is 6.54 Å². The molecule has 0 unspecified atom stereocenters. The van der Waals surface area contributed by atoms with Gasteiger partial charge in [0.2, 0.25) is 10.8 Å². The van der Waals surface area contributed by atoms with Gasteiger partial charge in [0.05, 0.1) is 24.1 Å². The van der Waals surface area contributed by atoms with Crippen LogP contribution in [0.2, 0.25) is 0 Å². The monoisotopic (exact) mass is 332 g/mol. The van der Waals surface area contributed by atoms with Crippen LogP contribution in [0.5, 0.6) is 5.88 Å². The molecule has 0 radical (unpaired) electrons. The Kier molecular flexibility index (Phi) is 4.09. The summed E-state index contributed by atoms with van der Waals surface area (Å²) < 4.78 is 28.6. The van der Waals surface area contributed by atoms with Crippen molar-refractivity contribution in [3.8, 4) is 5.88 Å². The van der Waals surface area contributed by atoms with Gasteiger partial charge in [0, 0.05) is 16.7 Å². The third-order valence-electron chi connectivity index (χ3n) is 2.46. The molecule has 0 atom stereocenters. The predicted molar refractivity (Wildman–Crippen MR) is 71.8 cm³/mol. The third-order valence-corrected chi connectivity index (χ3v) is 3.77. The van der Waals surface area contributed by atoms with E-state index in [1.807, 2.05) is 0 Å². The molecule has 9 nitrogen and oxygen atoms in total. The number of ether oxygens (including phenoxy) is 1. The largest absolute Gasteiger partial charge is 0.481 e. The first-order chi connectivity index (χ1) is 9.81. The molecule has 0 aliphatic heterocycles. The van der Waals surface area contributed by atoms with Gasteiger partial charge in [0.25, 0.3) is 9.05 Å². The molecule has 0 saturated carbocycles. The molecule has 0 amide bonds. The molecular formula is C10H9ClN4O5S. The number of hydrogen-bond acceptors (Lipinski definition) is 7. The molecule has 0 aliphatic rings. The van der Waals surface area contributed by atoms with Gasteiger partial charge in [-0.25, -0.2) is 13.4 Å². The van der Waals surface area contributed by atoms with Crippen molar-refractivity contribution in [3.63, 3.8) is 0 Å². The maximum Gasteiger partial charge on any atom is 0.410 e. The molecule has 2 aromatic heterocycles. The van der Waals surface area contributed by atoms with E-state index in [1.165, 1.54) is 7.11 Å². The number of aromatic nitrogens is 3. The van der Waals surface area contributed by atoms with E-state index in [9.17, 15) is 18.5 Å². The molecule has 0 bridgehead atoms. The van der Waals surface area contributed by atoms with Gasteiger partial charge in [0.1, 0.15) is 6.54 Å². The van der Waals surface area contributed by atoms with Crippen LogP contribution in [0, 0.1) is 10.1 Å². The van der Waals surface area contributed by atoms with Crippen LogP contribution in [0.25, 0.3) is 0 Å². The highest BCUT2D eigenvalue weighted by molar-refractivity contribution is 8.13. The summed E-state index contributed by atoms with van der Waals surface area (Å²) in [6, 6.07) is 4.95. The molecule has 0 aromatic carbocycles. The lowest BCUT2D eigenvalue weighted by Crippen LogP contribution is -2.03. The smallest absolute Gasteiger partial charge is 0.410 e. The topological polar surface area (TPSA) is 117 Å². The van der Waals surface area contributed by atoms with Gasteiger partial charge in [0.15, 0.2) is 0 Å². The predicted octanol–water partition coefficient (Wildman–Crippen LogP) is 1.17. The van der Waals surface area contributed by atoms with Crippen molar-refractivity contribution in [3.05, 3.63) is 40.2 Å². The second kappa shape index (κ2) is 5.66. The molecule has 112 valence electrons. The fourth-order valence-corrected chi connectivity index (χ4v) is 2.51. The first-order valence-corrected chi connectivity index (χ1v) is 7.78. The number of halogens is 1. The minimum atomic E-state index is -4.26. The Labute approximate surface area is 123 Å². The zero-order valence-electron chi connectivity index (χ0n) is 10.6. The number of hydrogen-bond donors (Lipinski definition) is 0. The van der Waals surface area contributed by atoms with Crippen LogP contribution in [-0.4, -0.2) is 35.2 Å². The number of nitrogens with zero attached hydrogens (tertiary/aromatic N) is 4. The lowest BCUT2D eigenvalue weighted by molar-refractivity contribution is -0.392. The van der Waals surface area contributed by atoms with E-state index in [1.54, 1.807) is 18.2 Å². The van der Waals surface area contributed by atoms with Crippen molar-refractivity contribution < 1.29 is 18.1 Å². The number of methoxy groups -OCH3 is 1. The SMILES string of the molecule is COc1cccc(Cn2cc(S(=O)(=O)Cl)c([N+](=O)[O-])n2)n1. The third kappa shape index (κ3) is 3.47. The van der Waals surface area contributed by atoms with E-state index in [4.69, 9.17) is 15.4 Å². The van der Waals surface area contributed by atoms with Crippen LogP contribution in [0.3, 0.4) is 0 Å². The van der Waals surface area contributed by atoms with Gasteiger partial charge in [-0.1, -0.05) is 6.07 Å². The number of pyridine rings is 1. The Morgan fingerprint density at radius 1 is 1.48 bits per heavy atom. The van der Waals surface area contributed by atoms with Crippen molar-refractivity contribution in [2.75, 3.05) is 7.11 Å². The van der Waals surface area contributed by atoms with Crippen molar-refractivity contribution >= 4 is 25.6 Å². The van der Waals surface area contributed by atoms with Crippen LogP contribution in [0.1, 0.15) is 5.69 Å². The summed E-state index contributed by atoms with van der Waals surface area (Å²) >= 11 is 0. The Hall–Kier alpha value is -2.20. The summed E-state index contributed by atoms with van der Waals surface area (Å²) in [5.74, 6) is -0.466. The molecule has 0 saturated heterocycles. The van der Waals surface area contributed by atoms with E-state index >= 15 is 0 Å². The van der Waals surface area contributed by atoms with Crippen molar-refractivity contribution in [2.45, 2.75) is 11.4 Å². The van der Waals surface area contributed by atoms with Gasteiger partial charge >= 0.3 is 5.82 Å². The summed E-state index contributed by atoms with van der Waals surface area (Å²) in [7, 11) is 2.34. The summed E-state index contributed by atoms with van der Waals surface area (Å²) in [6.07, 6.45) is 0.988. The zero-order chi connectivity index (χ0) is 15.6. The maximum atomic E-state index is 11.3. The summed E-state index contributed by atoms with van der Waals surface area (Å²) in [5.41, 5.74) is 0.491. The highest BCUT2D eigenvalue weighted by atomic mass is 35.7. The van der Waals surface area contributed by atoms with Gasteiger partial charge in [-0.3, -0.25) is 0 Å². The fourth-order valence-electron chi connectivity index (χ4n) is 1.60. The Morgan fingerprint density at radius 3 is 2.71 bits per heavy atom. The minimum absolute atomic E-state index is 0.0322. The van der Waals surface area contributed by atoms with E-state index in [0.717, 1.165) is 10.9 Å². The molecule has 21 heavy (non-hydrogen) atoms. The molecule has 0 N–H and O–H groups in total. The van der Waals surface area contributed by atoms with E-state index in [0.29, 0.717) is 11.6 Å². The molecule has 11 heteroatoms. The highest BCUT2D eigenvalue weighted by Gasteiger charge is 2.30. The lowest BCUT2D eigenvalue weighted by Gasteiger charge is -2.01. The summed E-state index contributed by atoms with van der Waals surface area (Å²) in [6.45, 7) is 0.0322. The van der Waals surface area contributed by atoms with Gasteiger partial charge in [-0.05, 0) is 11.0 Å². The van der Waals surface area contributed by atoms with Crippen LogP contribution >= 0.6 is 10.7 Å². The average Bonchev–Trinajstić information content (AvgIpc) is 2.83. The summed E-state index contributed by atoms with van der Waals surface area (Å²) in [5, 5.41) is 14.4. The molecule has 0 aliphatic carbocycles. The van der Waals surface area contributed by atoms with Crippen molar-refractivity contribution in [1.82, 2.24) is 14.8 Å². The van der Waals surface area contributed by atoms with E-state index in [2.05, 4.69) is 10.1 Å². The van der Waals surface area contributed by atoms with Gasteiger partial charge in [-0.15, -0.1) is 0 Å². The Morgan fingerprint density at radius 2 is 2.19 bits per heavy atom. The van der Waals surface area contributed by atoms with Gasteiger partial charge < -0.3 is 14.9 Å². The van der Waals surface area contributed by atoms with E-state index < -0.39 is 24.7 Å². The fraction of sp³-hybridized carbons (Fsp3) is 0.200. The average molecular weight is 333 g/mol. The highest BCUT2D eigenvalue weighted by Crippen LogP contribution is 2.25. The lowest BCUT2D eigenvalue weighted by atomic mass is 10.3. The van der Waals surface area contributed by atoms with Crippen molar-refractivity contribution in [2.24, 2.45) is 0 Å². The molecule has 2 heterocycles. The minimum Gasteiger partial charge on any atom is -0.481 e. The standard InChI is InChI=1S/C10H9ClN4O5S/c1-20-9-4-2-3-7(12-9)5-14-6-8(21(11,18)19)10(13-14)15(16)17/h2-4,6H,5H2,1H3. The molecule has 0 spiro atoms. The van der Waals surface area contributed by atoms with Crippen LogP contribution in [-0.2, 0) is 15.6 Å². The van der Waals surface area contributed by atoms with Gasteiger partial charge in [-0.2, -0.15) is 4.68 Å². The first-order valence-electron chi connectivity index (χ1n) is 5.47. The van der Waals surface area contributed by atoms with Crippen LogP contribution < -0.4 is 4.74 Å². The maximum absolute atomic E-state index is 11.3. The zero-order valence-corrected chi connectivity index (χ0v) is 12.2. The molecular weight excluding hydrogens is 324 g/mol. The number of rotatable bonds is 5. The normalized spacial score (nSPS) is 11.3. The molecule has 2 rings (SSSR count). The second-order valence-corrected chi connectivity index (χ2v) is 6.42. The Bertz CT molecular complexity index is 788. The second-order valence-electron chi connectivity index (χ2n) is 3.88. The first kappa shape index (κ1) is 15.2. The van der Waals surface area contributed by atoms with Crippen molar-refractivity contribution in [1.29, 1.82) is 0 Å². The quantitative estimate of drug-likeness (QED) is 0.458.